The molecule has 24 heavy (non-hydrogen) atoms. The van der Waals surface area contributed by atoms with E-state index in [0.29, 0.717) is 24.4 Å². The number of piperidine rings is 1. The lowest BCUT2D eigenvalue weighted by atomic mass is 9.67. The van der Waals surface area contributed by atoms with Crippen molar-refractivity contribution in [2.45, 2.75) is 52.4 Å². The molecule has 7 heteroatoms. The molecule has 1 aliphatic heterocycles. The second-order valence-corrected chi connectivity index (χ2v) is 9.37. The van der Waals surface area contributed by atoms with Crippen LogP contribution in [0.2, 0.25) is 0 Å². The zero-order chi connectivity index (χ0) is 17.6. The fraction of sp³-hybridized carbons (Fsp3) is 0.941. The number of sulfonamides is 1. The molecule has 1 aliphatic carbocycles. The molecule has 0 amide bonds. The van der Waals surface area contributed by atoms with Gasteiger partial charge in [-0.15, -0.1) is 0 Å². The molecule has 2 N–H and O–H groups in total. The average Bonchev–Trinajstić information content (AvgIpc) is 2.51. The third kappa shape index (κ3) is 5.34. The van der Waals surface area contributed by atoms with Gasteiger partial charge in [-0.05, 0) is 50.4 Å². The first kappa shape index (κ1) is 19.5. The van der Waals surface area contributed by atoms with Gasteiger partial charge in [-0.25, -0.2) is 12.7 Å². The number of rotatable bonds is 7. The summed E-state index contributed by atoms with van der Waals surface area (Å²) < 4.78 is 24.7. The fourth-order valence-corrected chi connectivity index (χ4v) is 4.45. The molecule has 1 saturated carbocycles. The molecule has 1 saturated heterocycles. The molecule has 6 nitrogen and oxygen atoms in total. The zero-order valence-electron chi connectivity index (χ0n) is 15.5. The molecule has 0 aromatic rings. The first-order valence-electron chi connectivity index (χ1n) is 9.36. The summed E-state index contributed by atoms with van der Waals surface area (Å²) >= 11 is 0. The van der Waals surface area contributed by atoms with Crippen molar-refractivity contribution in [3.05, 3.63) is 0 Å². The Bertz CT molecular complexity index is 515. The Balaban J connectivity index is 1.79. The molecule has 0 aromatic carbocycles. The van der Waals surface area contributed by atoms with E-state index >= 15 is 0 Å². The van der Waals surface area contributed by atoms with Crippen molar-refractivity contribution in [3.63, 3.8) is 0 Å². The van der Waals surface area contributed by atoms with Crippen molar-refractivity contribution >= 4 is 16.0 Å². The Kier molecular flexibility index (Phi) is 6.92. The molecule has 2 aliphatic rings. The molecular weight excluding hydrogens is 324 g/mol. The van der Waals surface area contributed by atoms with E-state index in [1.54, 1.807) is 4.31 Å². The Morgan fingerprint density at radius 3 is 2.33 bits per heavy atom. The molecule has 0 unspecified atom stereocenters. The van der Waals surface area contributed by atoms with Gasteiger partial charge in [0, 0.05) is 32.7 Å². The van der Waals surface area contributed by atoms with E-state index in [4.69, 9.17) is 4.99 Å². The summed E-state index contributed by atoms with van der Waals surface area (Å²) in [6.07, 6.45) is 8.28. The first-order valence-corrected chi connectivity index (χ1v) is 11.2. The Morgan fingerprint density at radius 1 is 1.21 bits per heavy atom. The largest absolute Gasteiger partial charge is 0.357 e. The van der Waals surface area contributed by atoms with Crippen LogP contribution in [0, 0.1) is 11.3 Å². The van der Waals surface area contributed by atoms with Gasteiger partial charge in [0.25, 0.3) is 0 Å². The fourth-order valence-electron chi connectivity index (χ4n) is 3.57. The van der Waals surface area contributed by atoms with Crippen LogP contribution in [0.3, 0.4) is 0 Å². The van der Waals surface area contributed by atoms with Crippen molar-refractivity contribution in [3.8, 4) is 0 Å². The van der Waals surface area contributed by atoms with E-state index in [9.17, 15) is 8.42 Å². The Labute approximate surface area is 147 Å². The molecule has 0 radical (unpaired) electrons. The Hall–Kier alpha value is -0.820. The van der Waals surface area contributed by atoms with Crippen LogP contribution in [-0.4, -0.2) is 57.7 Å². The number of hydrogen-bond donors (Lipinski definition) is 2. The molecule has 140 valence electrons. The van der Waals surface area contributed by atoms with Gasteiger partial charge in [0.05, 0.1) is 6.26 Å². The second-order valence-electron chi connectivity index (χ2n) is 7.39. The van der Waals surface area contributed by atoms with Crippen molar-refractivity contribution in [2.75, 3.05) is 39.0 Å². The third-order valence-corrected chi connectivity index (χ3v) is 6.98. The number of guanidine groups is 1. The molecule has 1 heterocycles. The smallest absolute Gasteiger partial charge is 0.211 e. The summed E-state index contributed by atoms with van der Waals surface area (Å²) in [6, 6.07) is 0. The summed E-state index contributed by atoms with van der Waals surface area (Å²) in [6.45, 7) is 8.26. The average molecular weight is 359 g/mol. The van der Waals surface area contributed by atoms with E-state index in [0.717, 1.165) is 38.4 Å². The number of nitrogens with one attached hydrogen (secondary N) is 2. The maximum atomic E-state index is 11.6. The molecule has 0 aromatic heterocycles. The first-order chi connectivity index (χ1) is 11.4. The number of aliphatic imine (C=N–C) groups is 1. The van der Waals surface area contributed by atoms with Gasteiger partial charge >= 0.3 is 0 Å². The second kappa shape index (κ2) is 8.52. The van der Waals surface area contributed by atoms with Gasteiger partial charge < -0.3 is 10.6 Å². The quantitative estimate of drug-likeness (QED) is 0.537. The van der Waals surface area contributed by atoms with Crippen LogP contribution in [0.4, 0.5) is 0 Å². The van der Waals surface area contributed by atoms with E-state index in [2.05, 4.69) is 24.5 Å². The molecule has 2 fully saturated rings. The van der Waals surface area contributed by atoms with Crippen LogP contribution >= 0.6 is 0 Å². The molecule has 2 rings (SSSR count). The van der Waals surface area contributed by atoms with E-state index in [1.165, 1.54) is 31.9 Å². The van der Waals surface area contributed by atoms with E-state index in [1.807, 2.05) is 0 Å². The van der Waals surface area contributed by atoms with Crippen LogP contribution in [0.15, 0.2) is 4.99 Å². The van der Waals surface area contributed by atoms with Crippen LogP contribution < -0.4 is 10.6 Å². The highest BCUT2D eigenvalue weighted by molar-refractivity contribution is 7.88. The van der Waals surface area contributed by atoms with Crippen LogP contribution in [-0.2, 0) is 10.0 Å². The van der Waals surface area contributed by atoms with E-state index in [-0.39, 0.29) is 0 Å². The van der Waals surface area contributed by atoms with Gasteiger partial charge in [-0.1, -0.05) is 13.3 Å². The normalized spacial score (nSPS) is 22.9. The standard InChI is InChI=1S/C17H34N4O2S/c1-4-17(9-6-10-17)14-20-16(18-5-2)19-13-15-7-11-21(12-8-15)24(3,22)23/h15H,4-14H2,1-3H3,(H2,18,19,20). The zero-order valence-corrected chi connectivity index (χ0v) is 16.3. The highest BCUT2D eigenvalue weighted by Crippen LogP contribution is 2.43. The van der Waals surface area contributed by atoms with Crippen molar-refractivity contribution in [1.82, 2.24) is 14.9 Å². The van der Waals surface area contributed by atoms with Gasteiger partial charge in [0.15, 0.2) is 5.96 Å². The summed E-state index contributed by atoms with van der Waals surface area (Å²) in [5.74, 6) is 1.42. The maximum absolute atomic E-state index is 11.6. The topological polar surface area (TPSA) is 73.8 Å². The van der Waals surface area contributed by atoms with Crippen LogP contribution in [0.1, 0.15) is 52.4 Å². The third-order valence-electron chi connectivity index (χ3n) is 5.68. The summed E-state index contributed by atoms with van der Waals surface area (Å²) in [7, 11) is -3.04. The van der Waals surface area contributed by atoms with Crippen LogP contribution in [0.5, 0.6) is 0 Å². The maximum Gasteiger partial charge on any atom is 0.211 e. The summed E-state index contributed by atoms with van der Waals surface area (Å²) in [4.78, 5) is 4.81. The van der Waals surface area contributed by atoms with Crippen LogP contribution in [0.25, 0.3) is 0 Å². The van der Waals surface area contributed by atoms with Gasteiger partial charge in [-0.2, -0.15) is 0 Å². The number of nitrogens with zero attached hydrogens (tertiary/aromatic N) is 2. The minimum absolute atomic E-state index is 0.434. The van der Waals surface area contributed by atoms with Gasteiger partial charge in [0.1, 0.15) is 0 Å². The van der Waals surface area contributed by atoms with Gasteiger partial charge in [-0.3, -0.25) is 4.99 Å². The van der Waals surface area contributed by atoms with Crippen molar-refractivity contribution in [1.29, 1.82) is 0 Å². The highest BCUT2D eigenvalue weighted by Gasteiger charge is 2.34. The monoisotopic (exact) mass is 358 g/mol. The predicted molar refractivity (Wildman–Crippen MR) is 99.7 cm³/mol. The summed E-state index contributed by atoms with van der Waals surface area (Å²) in [5.41, 5.74) is 0.434. The minimum Gasteiger partial charge on any atom is -0.357 e. The summed E-state index contributed by atoms with van der Waals surface area (Å²) in [5, 5.41) is 6.79. The van der Waals surface area contributed by atoms with Crippen molar-refractivity contribution in [2.24, 2.45) is 16.3 Å². The molecular formula is C17H34N4O2S. The highest BCUT2D eigenvalue weighted by atomic mass is 32.2. The lowest BCUT2D eigenvalue weighted by molar-refractivity contribution is 0.139. The predicted octanol–water partition coefficient (Wildman–Crippen LogP) is 1.79. The van der Waals surface area contributed by atoms with E-state index < -0.39 is 10.0 Å². The van der Waals surface area contributed by atoms with Crippen molar-refractivity contribution < 1.29 is 8.42 Å². The lowest BCUT2D eigenvalue weighted by Crippen LogP contribution is -2.44. The molecule has 0 atom stereocenters. The minimum atomic E-state index is -3.04. The molecule has 0 bridgehead atoms. The number of hydrogen-bond acceptors (Lipinski definition) is 3. The molecule has 0 spiro atoms. The Morgan fingerprint density at radius 2 is 1.88 bits per heavy atom. The van der Waals surface area contributed by atoms with Gasteiger partial charge in [0.2, 0.25) is 10.0 Å². The lowest BCUT2D eigenvalue weighted by Gasteiger charge is -2.40. The SMILES string of the molecule is CCNC(=NCC1(CC)CCC1)NCC1CCN(S(C)(=O)=O)CC1.